The van der Waals surface area contributed by atoms with Crippen LogP contribution in [0.1, 0.15) is 39.5 Å². The average Bonchev–Trinajstić information content (AvgIpc) is 2.39. The summed E-state index contributed by atoms with van der Waals surface area (Å²) in [6.07, 6.45) is 8.10. The number of rotatable bonds is 9. The smallest absolute Gasteiger partial charge is 0.259 e. The molecule has 0 aromatic carbocycles. The molecule has 0 atom stereocenters. The summed E-state index contributed by atoms with van der Waals surface area (Å²) in [5, 5.41) is 0. The van der Waals surface area contributed by atoms with Crippen LogP contribution in [0.25, 0.3) is 0 Å². The predicted octanol–water partition coefficient (Wildman–Crippen LogP) is 1.54. The van der Waals surface area contributed by atoms with Gasteiger partial charge in [-0.1, -0.05) is 24.6 Å². The van der Waals surface area contributed by atoms with E-state index in [1.165, 1.54) is 0 Å². The van der Waals surface area contributed by atoms with Gasteiger partial charge in [-0.25, -0.2) is 0 Å². The van der Waals surface area contributed by atoms with Gasteiger partial charge < -0.3 is 5.73 Å². The molecule has 0 saturated heterocycles. The third kappa shape index (κ3) is 7.18. The van der Waals surface area contributed by atoms with Crippen LogP contribution in [0.2, 0.25) is 0 Å². The Hall–Kier alpha value is -1.91. The number of imide groups is 1. The van der Waals surface area contributed by atoms with Gasteiger partial charge in [0.1, 0.15) is 0 Å². The summed E-state index contributed by atoms with van der Waals surface area (Å²) < 4.78 is 0. The van der Waals surface area contributed by atoms with Crippen molar-refractivity contribution in [2.75, 3.05) is 6.54 Å². The normalized spacial score (nSPS) is 11.6. The van der Waals surface area contributed by atoms with Crippen LogP contribution >= 0.6 is 0 Å². The molecule has 0 fully saturated rings. The topological polar surface area (TPSA) is 80.5 Å². The molecule has 5 heteroatoms. The van der Waals surface area contributed by atoms with Crippen LogP contribution in [0, 0.1) is 0 Å². The van der Waals surface area contributed by atoms with Gasteiger partial charge in [-0.15, -0.1) is 0 Å². The minimum absolute atomic E-state index is 0.300. The quantitative estimate of drug-likeness (QED) is 0.297. The first-order valence-corrected chi connectivity index (χ1v) is 6.40. The van der Waals surface area contributed by atoms with Crippen molar-refractivity contribution < 1.29 is 14.4 Å². The van der Waals surface area contributed by atoms with E-state index in [-0.39, 0.29) is 11.8 Å². The monoisotopic (exact) mass is 266 g/mol. The Bertz CT molecular complexity index is 373. The van der Waals surface area contributed by atoms with Crippen molar-refractivity contribution in [2.45, 2.75) is 39.5 Å². The molecule has 0 rings (SSSR count). The SMILES string of the molecule is C/C=C\C(=C/C)C(=O)N(C=O)CCCCCC(N)=O. The van der Waals surface area contributed by atoms with Crippen molar-refractivity contribution in [3.05, 3.63) is 23.8 Å². The van der Waals surface area contributed by atoms with Crippen LogP contribution in [0.15, 0.2) is 23.8 Å². The number of hydrogen-bond donors (Lipinski definition) is 1. The Morgan fingerprint density at radius 2 is 1.84 bits per heavy atom. The van der Waals surface area contributed by atoms with Crippen molar-refractivity contribution in [1.82, 2.24) is 4.90 Å². The zero-order valence-corrected chi connectivity index (χ0v) is 11.6. The van der Waals surface area contributed by atoms with Crippen LogP contribution in [0.3, 0.4) is 0 Å². The molecule has 0 spiro atoms. The molecule has 0 aliphatic rings. The molecular formula is C14H22N2O3. The van der Waals surface area contributed by atoms with E-state index in [1.54, 1.807) is 25.2 Å². The van der Waals surface area contributed by atoms with E-state index in [0.29, 0.717) is 37.8 Å². The molecule has 0 aliphatic carbocycles. The van der Waals surface area contributed by atoms with E-state index in [1.807, 2.05) is 6.92 Å². The fourth-order valence-electron chi connectivity index (χ4n) is 1.60. The lowest BCUT2D eigenvalue weighted by Gasteiger charge is -2.15. The Morgan fingerprint density at radius 1 is 1.16 bits per heavy atom. The van der Waals surface area contributed by atoms with E-state index in [2.05, 4.69) is 0 Å². The molecule has 0 aromatic rings. The van der Waals surface area contributed by atoms with E-state index in [0.717, 1.165) is 11.3 Å². The lowest BCUT2D eigenvalue weighted by molar-refractivity contribution is -0.135. The number of allylic oxidation sites excluding steroid dienone is 2. The van der Waals surface area contributed by atoms with Crippen molar-refractivity contribution in [3.63, 3.8) is 0 Å². The highest BCUT2D eigenvalue weighted by Gasteiger charge is 2.14. The second-order valence-electron chi connectivity index (χ2n) is 4.12. The number of carbonyl (C=O) groups is 3. The summed E-state index contributed by atoms with van der Waals surface area (Å²) in [5.41, 5.74) is 5.52. The first-order chi connectivity index (χ1) is 9.06. The van der Waals surface area contributed by atoms with Gasteiger partial charge in [0.25, 0.3) is 5.91 Å². The summed E-state index contributed by atoms with van der Waals surface area (Å²) in [6.45, 7) is 3.92. The van der Waals surface area contributed by atoms with Crippen LogP contribution in [0.4, 0.5) is 0 Å². The minimum atomic E-state index is -0.326. The number of nitrogens with zero attached hydrogens (tertiary/aromatic N) is 1. The molecule has 0 radical (unpaired) electrons. The molecule has 0 saturated carbocycles. The number of carbonyl (C=O) groups excluding carboxylic acids is 3. The van der Waals surface area contributed by atoms with Crippen LogP contribution in [-0.2, 0) is 14.4 Å². The summed E-state index contributed by atoms with van der Waals surface area (Å²) in [4.78, 5) is 34.6. The van der Waals surface area contributed by atoms with Crippen LogP contribution < -0.4 is 5.73 Å². The summed E-state index contributed by atoms with van der Waals surface area (Å²) in [5.74, 6) is -0.627. The maximum Gasteiger partial charge on any atom is 0.259 e. The highest BCUT2D eigenvalue weighted by atomic mass is 16.2. The Balaban J connectivity index is 4.23. The second-order valence-corrected chi connectivity index (χ2v) is 4.12. The number of hydrogen-bond acceptors (Lipinski definition) is 3. The maximum absolute atomic E-state index is 12.0. The van der Waals surface area contributed by atoms with E-state index < -0.39 is 0 Å². The van der Waals surface area contributed by atoms with Gasteiger partial charge in [0.15, 0.2) is 0 Å². The predicted molar refractivity (Wildman–Crippen MR) is 74.0 cm³/mol. The van der Waals surface area contributed by atoms with Gasteiger partial charge >= 0.3 is 0 Å². The first kappa shape index (κ1) is 17.1. The molecule has 2 N–H and O–H groups in total. The fourth-order valence-corrected chi connectivity index (χ4v) is 1.60. The molecule has 0 aliphatic heterocycles. The van der Waals surface area contributed by atoms with Crippen LogP contribution in [-0.4, -0.2) is 29.7 Å². The summed E-state index contributed by atoms with van der Waals surface area (Å²) >= 11 is 0. The lowest BCUT2D eigenvalue weighted by atomic mass is 10.1. The minimum Gasteiger partial charge on any atom is -0.370 e. The maximum atomic E-state index is 12.0. The van der Waals surface area contributed by atoms with Crippen molar-refractivity contribution in [3.8, 4) is 0 Å². The largest absolute Gasteiger partial charge is 0.370 e. The molecule has 0 bridgehead atoms. The van der Waals surface area contributed by atoms with Gasteiger partial charge in [-0.3, -0.25) is 19.3 Å². The zero-order chi connectivity index (χ0) is 14.7. The standard InChI is InChI=1S/C14H22N2O3/c1-3-8-12(4-2)14(19)16(11-17)10-7-5-6-9-13(15)18/h3-4,8,11H,5-7,9-10H2,1-2H3,(H2,15,18)/b8-3-,12-4+. The Morgan fingerprint density at radius 3 is 2.32 bits per heavy atom. The van der Waals surface area contributed by atoms with Gasteiger partial charge in [0.05, 0.1) is 0 Å². The highest BCUT2D eigenvalue weighted by molar-refractivity contribution is 6.01. The number of nitrogens with two attached hydrogens (primary N) is 1. The van der Waals surface area contributed by atoms with E-state index in [9.17, 15) is 14.4 Å². The summed E-state index contributed by atoms with van der Waals surface area (Å²) in [7, 11) is 0. The average molecular weight is 266 g/mol. The van der Waals surface area contributed by atoms with Crippen molar-refractivity contribution in [1.29, 1.82) is 0 Å². The van der Waals surface area contributed by atoms with Crippen LogP contribution in [0.5, 0.6) is 0 Å². The van der Waals surface area contributed by atoms with Crippen molar-refractivity contribution >= 4 is 18.2 Å². The van der Waals surface area contributed by atoms with E-state index in [4.69, 9.17) is 5.73 Å². The molecule has 0 aromatic heterocycles. The molecule has 3 amide bonds. The Labute approximate surface area is 114 Å². The van der Waals surface area contributed by atoms with Gasteiger partial charge in [-0.05, 0) is 26.7 Å². The second kappa shape index (κ2) is 10.1. The molecule has 0 unspecified atom stereocenters. The number of primary amides is 1. The van der Waals surface area contributed by atoms with Crippen molar-refractivity contribution in [2.24, 2.45) is 5.73 Å². The zero-order valence-electron chi connectivity index (χ0n) is 11.6. The molecule has 19 heavy (non-hydrogen) atoms. The number of unbranched alkanes of at least 4 members (excludes halogenated alkanes) is 2. The third-order valence-electron chi connectivity index (χ3n) is 2.61. The molecule has 0 heterocycles. The highest BCUT2D eigenvalue weighted by Crippen LogP contribution is 2.06. The van der Waals surface area contributed by atoms with Gasteiger partial charge in [0.2, 0.25) is 12.3 Å². The van der Waals surface area contributed by atoms with Gasteiger partial charge in [0, 0.05) is 18.5 Å². The summed E-state index contributed by atoms with van der Waals surface area (Å²) in [6, 6.07) is 0. The van der Waals surface area contributed by atoms with E-state index >= 15 is 0 Å². The Kier molecular flexibility index (Phi) is 9.04. The number of amides is 3. The molecule has 5 nitrogen and oxygen atoms in total. The molecular weight excluding hydrogens is 244 g/mol. The lowest BCUT2D eigenvalue weighted by Crippen LogP contribution is -2.31. The van der Waals surface area contributed by atoms with Gasteiger partial charge in [-0.2, -0.15) is 0 Å². The first-order valence-electron chi connectivity index (χ1n) is 6.40. The third-order valence-corrected chi connectivity index (χ3v) is 2.61. The fraction of sp³-hybridized carbons (Fsp3) is 0.500. The molecule has 106 valence electrons.